The van der Waals surface area contributed by atoms with Crippen LogP contribution in [-0.4, -0.2) is 42.4 Å². The minimum Gasteiger partial charge on any atom is -0.394 e. The predicted octanol–water partition coefficient (Wildman–Crippen LogP) is 1.05. The van der Waals surface area contributed by atoms with Gasteiger partial charge in [0.25, 0.3) is 5.91 Å². The van der Waals surface area contributed by atoms with Gasteiger partial charge in [-0.3, -0.25) is 4.79 Å². The molecule has 2 unspecified atom stereocenters. The maximum absolute atomic E-state index is 11.8. The number of anilines is 2. The van der Waals surface area contributed by atoms with Gasteiger partial charge in [0.1, 0.15) is 0 Å². The molecule has 0 bridgehead atoms. The van der Waals surface area contributed by atoms with Crippen molar-refractivity contribution in [1.82, 2.24) is 0 Å². The van der Waals surface area contributed by atoms with Crippen molar-refractivity contribution < 1.29 is 15.0 Å². The molecule has 5 nitrogen and oxygen atoms in total. The van der Waals surface area contributed by atoms with Gasteiger partial charge < -0.3 is 20.0 Å². The molecule has 2 atom stereocenters. The lowest BCUT2D eigenvalue weighted by molar-refractivity contribution is -0.125. The van der Waals surface area contributed by atoms with Crippen molar-refractivity contribution in [2.24, 2.45) is 0 Å². The molecule has 20 heavy (non-hydrogen) atoms. The highest BCUT2D eigenvalue weighted by atomic mass is 16.3. The van der Waals surface area contributed by atoms with E-state index in [1.807, 2.05) is 18.2 Å². The maximum Gasteiger partial charge on any atom is 0.260 e. The molecule has 1 fully saturated rings. The molecule has 0 spiro atoms. The Bertz CT molecular complexity index is 532. The van der Waals surface area contributed by atoms with Gasteiger partial charge in [0, 0.05) is 24.8 Å². The average molecular weight is 276 g/mol. The van der Waals surface area contributed by atoms with E-state index >= 15 is 0 Å². The third-order valence-corrected chi connectivity index (χ3v) is 4.40. The Morgan fingerprint density at radius 2 is 2.15 bits per heavy atom. The van der Waals surface area contributed by atoms with E-state index in [0.717, 1.165) is 37.2 Å². The molecule has 0 aromatic heterocycles. The molecule has 3 rings (SSSR count). The van der Waals surface area contributed by atoms with Crippen LogP contribution in [0.5, 0.6) is 0 Å². The molecule has 1 aromatic rings. The molecular weight excluding hydrogens is 256 g/mol. The third kappa shape index (κ3) is 1.98. The van der Waals surface area contributed by atoms with Crippen LogP contribution >= 0.6 is 0 Å². The van der Waals surface area contributed by atoms with E-state index in [2.05, 4.69) is 4.90 Å². The van der Waals surface area contributed by atoms with E-state index in [0.29, 0.717) is 5.56 Å². The quantitative estimate of drug-likeness (QED) is 0.847. The Labute approximate surface area is 118 Å². The summed E-state index contributed by atoms with van der Waals surface area (Å²) in [6.07, 6.45) is 2.21. The Morgan fingerprint density at radius 1 is 1.35 bits per heavy atom. The summed E-state index contributed by atoms with van der Waals surface area (Å²) in [5.74, 6) is -0.283. The molecule has 0 saturated carbocycles. The van der Waals surface area contributed by atoms with Gasteiger partial charge in [-0.2, -0.15) is 0 Å². The Hall–Kier alpha value is -1.59. The van der Waals surface area contributed by atoms with E-state index in [9.17, 15) is 15.0 Å². The number of hydrogen-bond acceptors (Lipinski definition) is 4. The summed E-state index contributed by atoms with van der Waals surface area (Å²) in [6.45, 7) is 1.07. The molecule has 108 valence electrons. The molecule has 2 heterocycles. The number of likely N-dealkylation sites (N-methyl/N-ethyl adjacent to an activating group) is 1. The number of fused-ring (bicyclic) bond motifs is 1. The molecule has 1 amide bonds. The predicted molar refractivity (Wildman–Crippen MR) is 76.9 cm³/mol. The van der Waals surface area contributed by atoms with Gasteiger partial charge in [-0.05, 0) is 31.4 Å². The molecule has 5 heteroatoms. The van der Waals surface area contributed by atoms with Crippen molar-refractivity contribution in [3.05, 3.63) is 23.8 Å². The monoisotopic (exact) mass is 276 g/mol. The molecule has 0 aliphatic carbocycles. The number of carbonyl (C=O) groups is 1. The zero-order chi connectivity index (χ0) is 14.3. The summed E-state index contributed by atoms with van der Waals surface area (Å²) >= 11 is 0. The molecule has 1 saturated heterocycles. The van der Waals surface area contributed by atoms with E-state index in [1.165, 1.54) is 4.90 Å². The largest absolute Gasteiger partial charge is 0.394 e. The number of aliphatic hydroxyl groups excluding tert-OH is 2. The van der Waals surface area contributed by atoms with Crippen molar-refractivity contribution in [2.75, 3.05) is 30.0 Å². The summed E-state index contributed by atoms with van der Waals surface area (Å²) < 4.78 is 0. The van der Waals surface area contributed by atoms with Crippen LogP contribution in [0, 0.1) is 0 Å². The number of rotatable bonds is 2. The number of aliphatic hydroxyl groups is 2. The molecule has 0 radical (unpaired) electrons. The second kappa shape index (κ2) is 5.07. The van der Waals surface area contributed by atoms with Gasteiger partial charge in [0.05, 0.1) is 18.3 Å². The van der Waals surface area contributed by atoms with Crippen LogP contribution in [-0.2, 0) is 4.79 Å². The van der Waals surface area contributed by atoms with Gasteiger partial charge in [0.2, 0.25) is 0 Å². The number of piperidine rings is 1. The Morgan fingerprint density at radius 3 is 2.90 bits per heavy atom. The van der Waals surface area contributed by atoms with Crippen LogP contribution in [0.15, 0.2) is 18.2 Å². The van der Waals surface area contributed by atoms with E-state index in [4.69, 9.17) is 0 Å². The summed E-state index contributed by atoms with van der Waals surface area (Å²) in [4.78, 5) is 15.5. The van der Waals surface area contributed by atoms with Gasteiger partial charge in [-0.1, -0.05) is 6.07 Å². The Balaban J connectivity index is 1.95. The maximum atomic E-state index is 11.8. The first-order valence-corrected chi connectivity index (χ1v) is 7.10. The number of amides is 1. The Kier molecular flexibility index (Phi) is 3.40. The fourth-order valence-electron chi connectivity index (χ4n) is 3.20. The van der Waals surface area contributed by atoms with Crippen LogP contribution in [0.1, 0.15) is 30.9 Å². The van der Waals surface area contributed by atoms with E-state index < -0.39 is 6.10 Å². The summed E-state index contributed by atoms with van der Waals surface area (Å²) in [5.41, 5.74) is 2.44. The lowest BCUT2D eigenvalue weighted by atomic mass is 10.0. The van der Waals surface area contributed by atoms with Gasteiger partial charge in [0.15, 0.2) is 6.10 Å². The van der Waals surface area contributed by atoms with E-state index in [1.54, 1.807) is 7.05 Å². The van der Waals surface area contributed by atoms with Gasteiger partial charge in [-0.25, -0.2) is 0 Å². The minimum absolute atomic E-state index is 0.147. The summed E-state index contributed by atoms with van der Waals surface area (Å²) in [5, 5.41) is 19.4. The first-order chi connectivity index (χ1) is 9.63. The standard InChI is InChI=1S/C15H20N2O3/c1-16-13-8-10(5-6-12(13)14(19)15(16)20)17-7-3-2-4-11(17)9-18/h5-6,8,11,14,18-19H,2-4,7,9H2,1H3. The number of nitrogens with zero attached hydrogens (tertiary/aromatic N) is 2. The van der Waals surface area contributed by atoms with Crippen molar-refractivity contribution >= 4 is 17.3 Å². The first kappa shape index (κ1) is 13.4. The lowest BCUT2D eigenvalue weighted by Gasteiger charge is -2.36. The first-order valence-electron chi connectivity index (χ1n) is 7.10. The molecule has 2 aliphatic rings. The molecule has 2 N–H and O–H groups in total. The van der Waals surface area contributed by atoms with Crippen LogP contribution in [0.4, 0.5) is 11.4 Å². The minimum atomic E-state index is -1.04. The fraction of sp³-hybridized carbons (Fsp3) is 0.533. The number of carbonyl (C=O) groups excluding carboxylic acids is 1. The molecule has 1 aromatic carbocycles. The van der Waals surface area contributed by atoms with Crippen LogP contribution in [0.2, 0.25) is 0 Å². The topological polar surface area (TPSA) is 64.0 Å². The third-order valence-electron chi connectivity index (χ3n) is 4.40. The molecule has 2 aliphatic heterocycles. The second-order valence-corrected chi connectivity index (χ2v) is 5.57. The van der Waals surface area contributed by atoms with E-state index in [-0.39, 0.29) is 18.6 Å². The van der Waals surface area contributed by atoms with Crippen LogP contribution in [0.25, 0.3) is 0 Å². The number of benzene rings is 1. The average Bonchev–Trinajstić information content (AvgIpc) is 2.71. The second-order valence-electron chi connectivity index (χ2n) is 5.57. The van der Waals surface area contributed by atoms with Gasteiger partial charge in [-0.15, -0.1) is 0 Å². The van der Waals surface area contributed by atoms with Crippen molar-refractivity contribution in [1.29, 1.82) is 0 Å². The number of hydrogen-bond donors (Lipinski definition) is 2. The van der Waals surface area contributed by atoms with Crippen molar-refractivity contribution in [3.8, 4) is 0 Å². The zero-order valence-electron chi connectivity index (χ0n) is 11.6. The van der Waals surface area contributed by atoms with Crippen LogP contribution < -0.4 is 9.80 Å². The SMILES string of the molecule is CN1C(=O)C(O)c2ccc(N3CCCCC3CO)cc21. The summed E-state index contributed by atoms with van der Waals surface area (Å²) in [6, 6.07) is 5.84. The highest BCUT2D eigenvalue weighted by Crippen LogP contribution is 2.38. The summed E-state index contributed by atoms with van der Waals surface area (Å²) in [7, 11) is 1.68. The lowest BCUT2D eigenvalue weighted by Crippen LogP contribution is -2.41. The zero-order valence-corrected chi connectivity index (χ0v) is 11.6. The highest BCUT2D eigenvalue weighted by Gasteiger charge is 2.34. The van der Waals surface area contributed by atoms with Crippen molar-refractivity contribution in [3.63, 3.8) is 0 Å². The fourth-order valence-corrected chi connectivity index (χ4v) is 3.20. The van der Waals surface area contributed by atoms with Crippen LogP contribution in [0.3, 0.4) is 0 Å². The molecular formula is C15H20N2O3. The normalized spacial score (nSPS) is 26.1. The highest BCUT2D eigenvalue weighted by molar-refractivity contribution is 6.03. The van der Waals surface area contributed by atoms with Crippen molar-refractivity contribution in [2.45, 2.75) is 31.4 Å². The van der Waals surface area contributed by atoms with Gasteiger partial charge >= 0.3 is 0 Å². The smallest absolute Gasteiger partial charge is 0.260 e.